The Morgan fingerprint density at radius 1 is 1.20 bits per heavy atom. The third kappa shape index (κ3) is 1.96. The molecule has 1 fully saturated rings. The number of rotatable bonds is 0. The molecule has 0 spiro atoms. The van der Waals surface area contributed by atoms with E-state index in [1.54, 1.807) is 0 Å². The van der Waals surface area contributed by atoms with E-state index in [2.05, 4.69) is 20.8 Å². The molecule has 1 radical (unpaired) electrons. The Morgan fingerprint density at radius 3 is 2.00 bits per heavy atom. The molecule has 1 heterocycles. The Hall–Kier alpha value is -0.0800. The molecule has 59 valence electrons. The van der Waals surface area contributed by atoms with Crippen molar-refractivity contribution in [1.29, 1.82) is 0 Å². The molecule has 2 heteroatoms. The molecule has 0 N–H and O–H groups in total. The van der Waals surface area contributed by atoms with Gasteiger partial charge < -0.3 is 9.47 Å². The van der Waals surface area contributed by atoms with E-state index >= 15 is 0 Å². The molecule has 2 nitrogen and oxygen atoms in total. The van der Waals surface area contributed by atoms with Gasteiger partial charge in [0.15, 0.2) is 6.29 Å². The maximum absolute atomic E-state index is 5.36. The van der Waals surface area contributed by atoms with Crippen LogP contribution in [0.4, 0.5) is 0 Å². The zero-order valence-electron chi connectivity index (χ0n) is 6.89. The van der Waals surface area contributed by atoms with E-state index in [1.165, 1.54) is 0 Å². The van der Waals surface area contributed by atoms with Gasteiger partial charge in [0.1, 0.15) is 0 Å². The number of hydrogen-bond acceptors (Lipinski definition) is 2. The van der Waals surface area contributed by atoms with Crippen LogP contribution in [0.3, 0.4) is 0 Å². The minimum Gasteiger partial charge on any atom is -0.352 e. The van der Waals surface area contributed by atoms with Crippen molar-refractivity contribution in [2.75, 3.05) is 13.2 Å². The Balaban J connectivity index is 2.39. The van der Waals surface area contributed by atoms with Crippen LogP contribution in [0.5, 0.6) is 0 Å². The molecule has 10 heavy (non-hydrogen) atoms. The normalized spacial score (nSPS) is 23.1. The van der Waals surface area contributed by atoms with Gasteiger partial charge >= 0.3 is 0 Å². The van der Waals surface area contributed by atoms with Crippen LogP contribution in [-0.2, 0) is 9.47 Å². The Labute approximate surface area is 62.5 Å². The van der Waals surface area contributed by atoms with Crippen molar-refractivity contribution in [3.63, 3.8) is 0 Å². The van der Waals surface area contributed by atoms with E-state index in [0.717, 1.165) is 13.2 Å². The fourth-order valence-corrected chi connectivity index (χ4v) is 0.907. The van der Waals surface area contributed by atoms with Crippen molar-refractivity contribution in [2.45, 2.75) is 27.1 Å². The summed E-state index contributed by atoms with van der Waals surface area (Å²) in [4.78, 5) is 0. The first-order chi connectivity index (χ1) is 4.61. The summed E-state index contributed by atoms with van der Waals surface area (Å²) in [6.07, 6.45) is 1.96. The summed E-state index contributed by atoms with van der Waals surface area (Å²) in [7, 11) is 0. The maximum atomic E-state index is 5.36. The Morgan fingerprint density at radius 2 is 1.70 bits per heavy atom. The standard InChI is InChI=1S/C8H15O2/c1-8(2,3)7-9-5-4-6-10-7/h4,7H,5-6H2,1-3H3. The second-order valence-electron chi connectivity index (χ2n) is 3.65. The van der Waals surface area contributed by atoms with Gasteiger partial charge in [-0.25, -0.2) is 0 Å². The predicted molar refractivity (Wildman–Crippen MR) is 39.4 cm³/mol. The molecule has 0 aliphatic carbocycles. The van der Waals surface area contributed by atoms with Crippen LogP contribution in [0.2, 0.25) is 0 Å². The lowest BCUT2D eigenvalue weighted by molar-refractivity contribution is -0.208. The molecule has 1 rings (SSSR count). The van der Waals surface area contributed by atoms with Crippen LogP contribution in [0.25, 0.3) is 0 Å². The minimum atomic E-state index is -0.0301. The molecule has 1 aliphatic heterocycles. The van der Waals surface area contributed by atoms with Crippen molar-refractivity contribution in [3.8, 4) is 0 Å². The third-order valence-corrected chi connectivity index (χ3v) is 1.44. The highest BCUT2D eigenvalue weighted by molar-refractivity contribution is 4.74. The first-order valence-corrected chi connectivity index (χ1v) is 3.65. The van der Waals surface area contributed by atoms with Crippen molar-refractivity contribution in [1.82, 2.24) is 0 Å². The van der Waals surface area contributed by atoms with E-state index in [9.17, 15) is 0 Å². The van der Waals surface area contributed by atoms with Gasteiger partial charge in [-0.1, -0.05) is 20.8 Å². The minimum absolute atomic E-state index is 0.0301. The van der Waals surface area contributed by atoms with Crippen molar-refractivity contribution in [2.24, 2.45) is 5.41 Å². The molecular weight excluding hydrogens is 128 g/mol. The van der Waals surface area contributed by atoms with Crippen LogP contribution in [-0.4, -0.2) is 19.5 Å². The summed E-state index contributed by atoms with van der Waals surface area (Å²) in [5, 5.41) is 0. The Kier molecular flexibility index (Phi) is 2.32. The van der Waals surface area contributed by atoms with Crippen LogP contribution >= 0.6 is 0 Å². The SMILES string of the molecule is CC(C)(C)C1OC[CH]CO1. The summed E-state index contributed by atoms with van der Waals surface area (Å²) in [5.74, 6) is 0. The summed E-state index contributed by atoms with van der Waals surface area (Å²) < 4.78 is 10.7. The predicted octanol–water partition coefficient (Wildman–Crippen LogP) is 1.61. The van der Waals surface area contributed by atoms with E-state index in [-0.39, 0.29) is 11.7 Å². The third-order valence-electron chi connectivity index (χ3n) is 1.44. The zero-order chi connectivity index (χ0) is 7.61. The fraction of sp³-hybridized carbons (Fsp3) is 0.875. The fourth-order valence-electron chi connectivity index (χ4n) is 0.907. The van der Waals surface area contributed by atoms with E-state index in [0.29, 0.717) is 0 Å². The van der Waals surface area contributed by atoms with Crippen molar-refractivity contribution in [3.05, 3.63) is 6.42 Å². The van der Waals surface area contributed by atoms with Gasteiger partial charge in [-0.15, -0.1) is 0 Å². The molecule has 1 saturated heterocycles. The van der Waals surface area contributed by atoms with E-state index < -0.39 is 0 Å². The zero-order valence-corrected chi connectivity index (χ0v) is 6.89. The summed E-state index contributed by atoms with van der Waals surface area (Å²) in [5.41, 5.74) is 0.105. The smallest absolute Gasteiger partial charge is 0.162 e. The van der Waals surface area contributed by atoms with Crippen LogP contribution in [0.15, 0.2) is 0 Å². The van der Waals surface area contributed by atoms with Gasteiger partial charge in [-0.05, 0) is 0 Å². The highest BCUT2D eigenvalue weighted by Crippen LogP contribution is 2.25. The van der Waals surface area contributed by atoms with Crippen LogP contribution < -0.4 is 0 Å². The first-order valence-electron chi connectivity index (χ1n) is 3.65. The van der Waals surface area contributed by atoms with Crippen molar-refractivity contribution >= 4 is 0 Å². The topological polar surface area (TPSA) is 18.5 Å². The largest absolute Gasteiger partial charge is 0.352 e. The summed E-state index contributed by atoms with van der Waals surface area (Å²) in [6.45, 7) is 7.79. The molecule has 0 bridgehead atoms. The van der Waals surface area contributed by atoms with Crippen molar-refractivity contribution < 1.29 is 9.47 Å². The number of hydrogen-bond donors (Lipinski definition) is 0. The quantitative estimate of drug-likeness (QED) is 0.513. The lowest BCUT2D eigenvalue weighted by Gasteiger charge is -2.33. The molecule has 0 atom stereocenters. The number of ether oxygens (including phenoxy) is 2. The molecule has 1 aliphatic rings. The first kappa shape index (κ1) is 8.02. The van der Waals surface area contributed by atoms with Crippen LogP contribution in [0.1, 0.15) is 20.8 Å². The van der Waals surface area contributed by atoms with Gasteiger partial charge in [0.25, 0.3) is 0 Å². The van der Waals surface area contributed by atoms with Crippen LogP contribution in [0, 0.1) is 11.8 Å². The molecular formula is C8H15O2. The van der Waals surface area contributed by atoms with Gasteiger partial charge in [0.2, 0.25) is 0 Å². The lowest BCUT2D eigenvalue weighted by Crippen LogP contribution is -2.36. The molecule has 0 amide bonds. The van der Waals surface area contributed by atoms with E-state index in [1.807, 2.05) is 6.42 Å². The Bertz CT molecular complexity index is 98.3. The average molecular weight is 143 g/mol. The maximum Gasteiger partial charge on any atom is 0.162 e. The van der Waals surface area contributed by atoms with Gasteiger partial charge in [-0.3, -0.25) is 0 Å². The molecule has 0 aromatic heterocycles. The highest BCUT2D eigenvalue weighted by atomic mass is 16.7. The highest BCUT2D eigenvalue weighted by Gasteiger charge is 2.27. The van der Waals surface area contributed by atoms with E-state index in [4.69, 9.17) is 9.47 Å². The average Bonchev–Trinajstić information content (AvgIpc) is 1.88. The van der Waals surface area contributed by atoms with Gasteiger partial charge in [0, 0.05) is 11.8 Å². The van der Waals surface area contributed by atoms with Gasteiger partial charge in [-0.2, -0.15) is 0 Å². The summed E-state index contributed by atoms with van der Waals surface area (Å²) in [6, 6.07) is 0. The molecule has 0 aromatic rings. The monoisotopic (exact) mass is 143 g/mol. The second-order valence-corrected chi connectivity index (χ2v) is 3.65. The lowest BCUT2D eigenvalue weighted by atomic mass is 9.95. The summed E-state index contributed by atoms with van der Waals surface area (Å²) >= 11 is 0. The molecule has 0 saturated carbocycles. The molecule has 0 unspecified atom stereocenters. The second kappa shape index (κ2) is 2.89. The molecule has 0 aromatic carbocycles. The van der Waals surface area contributed by atoms with Gasteiger partial charge in [0.05, 0.1) is 13.2 Å².